The number of hydrogen-bond acceptors (Lipinski definition) is 19. The number of carbonyl (C=O) groups excluding carboxylic acids is 2. The second-order valence-corrected chi connectivity index (χ2v) is 32.5. The lowest BCUT2D eigenvalue weighted by atomic mass is 9.78. The van der Waals surface area contributed by atoms with E-state index in [1.165, 1.54) is 72.9 Å². The molecule has 0 aliphatic carbocycles. The fourth-order valence-corrected chi connectivity index (χ4v) is 15.4. The van der Waals surface area contributed by atoms with Gasteiger partial charge >= 0.3 is 0 Å². The number of amides is 2. The van der Waals surface area contributed by atoms with Crippen LogP contribution in [-0.4, -0.2) is 140 Å². The first-order valence-corrected chi connectivity index (χ1v) is 37.2. The van der Waals surface area contributed by atoms with Crippen molar-refractivity contribution >= 4 is 121 Å². The van der Waals surface area contributed by atoms with Crippen molar-refractivity contribution < 1.29 is 95.8 Å². The fraction of sp³-hybridized carbons (Fsp3) is 0.291. The first-order valence-electron chi connectivity index (χ1n) is 26.7. The molecule has 3 heterocycles. The smallest absolute Gasteiger partial charge is 0.295 e. The van der Waals surface area contributed by atoms with E-state index in [-0.39, 0.29) is 106 Å². The lowest BCUT2D eigenvalue weighted by molar-refractivity contribution is -0.121. The van der Waals surface area contributed by atoms with Crippen LogP contribution in [-0.2, 0) is 92.9 Å². The van der Waals surface area contributed by atoms with Crippen LogP contribution in [0.2, 0.25) is 0 Å². The maximum absolute atomic E-state index is 13.5. The van der Waals surface area contributed by atoms with E-state index in [2.05, 4.69) is 15.6 Å². The average Bonchev–Trinajstić information content (AvgIpc) is 1.52. The molecule has 0 saturated carbocycles. The van der Waals surface area contributed by atoms with E-state index in [1.807, 2.05) is 0 Å². The van der Waals surface area contributed by atoms with Crippen molar-refractivity contribution in [3.63, 3.8) is 0 Å². The summed E-state index contributed by atoms with van der Waals surface area (Å²) in [4.78, 5) is 30.5. The van der Waals surface area contributed by atoms with Gasteiger partial charge in [-0.1, -0.05) is 70.2 Å². The van der Waals surface area contributed by atoms with Crippen LogP contribution < -0.4 is 25.6 Å². The van der Waals surface area contributed by atoms with Crippen LogP contribution in [0.3, 0.4) is 0 Å². The molecule has 2 aliphatic heterocycles. The van der Waals surface area contributed by atoms with Gasteiger partial charge in [-0.2, -0.15) is 50.5 Å². The van der Waals surface area contributed by atoms with Crippen molar-refractivity contribution in [2.45, 2.75) is 94.9 Å². The Morgan fingerprint density at radius 1 is 0.611 bits per heavy atom. The molecule has 0 spiro atoms. The second-order valence-electron chi connectivity index (χ2n) is 22.2. The molecule has 35 heteroatoms. The minimum absolute atomic E-state index is 0.00590. The molecule has 1 unspecified atom stereocenters. The molecule has 0 bridgehead atoms. The lowest BCUT2D eigenvalue weighted by Gasteiger charge is -2.32. The third kappa shape index (κ3) is 15.3. The van der Waals surface area contributed by atoms with Gasteiger partial charge in [0.15, 0.2) is 0 Å². The van der Waals surface area contributed by atoms with Gasteiger partial charge in [-0.25, -0.2) is 13.6 Å². The Balaban J connectivity index is 1.26. The van der Waals surface area contributed by atoms with Gasteiger partial charge in [0.2, 0.25) is 15.9 Å². The molecule has 0 fully saturated rings. The predicted octanol–water partition coefficient (Wildman–Crippen LogP) is 4.80. The number of rotatable bonds is 23. The molecule has 1 aromatic heterocycles. The number of nitrogens with one attached hydrogen (secondary N) is 2. The second kappa shape index (κ2) is 24.8. The Morgan fingerprint density at radius 3 is 1.64 bits per heavy atom. The summed E-state index contributed by atoms with van der Waals surface area (Å²) in [7, 11) is -33.7. The van der Waals surface area contributed by atoms with E-state index in [0.717, 1.165) is 12.1 Å². The Hall–Kier alpha value is -7.10. The third-order valence-corrected chi connectivity index (χ3v) is 21.3. The molecule has 2 aliphatic rings. The normalized spacial score (nSPS) is 16.9. The topological polar surface area (TPSA) is 464 Å². The van der Waals surface area contributed by atoms with Crippen molar-refractivity contribution in [1.29, 1.82) is 0 Å². The summed E-state index contributed by atoms with van der Waals surface area (Å²) in [6.45, 7) is 6.23. The summed E-state index contributed by atoms with van der Waals surface area (Å²) in [6.07, 6.45) is 6.86. The molecule has 10 N–H and O–H groups in total. The zero-order chi connectivity index (χ0) is 66.7. The van der Waals surface area contributed by atoms with E-state index in [0.29, 0.717) is 29.1 Å². The van der Waals surface area contributed by atoms with Crippen LogP contribution in [0.25, 0.3) is 27.1 Å². The van der Waals surface area contributed by atoms with Gasteiger partial charge in [0.25, 0.3) is 66.6 Å². The van der Waals surface area contributed by atoms with Crippen molar-refractivity contribution in [3.05, 3.63) is 149 Å². The average molecular weight is 1380 g/mol. The van der Waals surface area contributed by atoms with Gasteiger partial charge in [-0.3, -0.25) is 41.9 Å². The van der Waals surface area contributed by atoms with E-state index in [1.54, 1.807) is 55.7 Å². The molecule has 0 radical (unpaired) electrons. The van der Waals surface area contributed by atoms with Crippen molar-refractivity contribution in [3.8, 4) is 0 Å². The first-order chi connectivity index (χ1) is 41.4. The number of nitrogens with two attached hydrogens (primary N) is 1. The molecule has 28 nitrogen and oxygen atoms in total. The van der Waals surface area contributed by atoms with Crippen LogP contribution in [0.15, 0.2) is 146 Å². The van der Waals surface area contributed by atoms with Gasteiger partial charge in [0.1, 0.15) is 9.79 Å². The number of fused-ring (bicyclic) bond motifs is 6. The minimum atomic E-state index is -5.18. The number of primary sulfonamides is 1. The highest BCUT2D eigenvalue weighted by atomic mass is 32.2. The number of nitrogens with zero attached hydrogens (tertiary/aromatic N) is 3. The largest absolute Gasteiger partial charge is 0.364 e. The predicted molar refractivity (Wildman–Crippen MR) is 330 cm³/mol. The number of hydrogen-bond donors (Lipinski definition) is 9. The zero-order valence-corrected chi connectivity index (χ0v) is 53.6. The summed E-state index contributed by atoms with van der Waals surface area (Å²) in [5, 5.41) is 9.98. The van der Waals surface area contributed by atoms with E-state index < -0.39 is 131 Å². The van der Waals surface area contributed by atoms with Crippen molar-refractivity contribution in [2.24, 2.45) is 5.14 Å². The molecule has 90 heavy (non-hydrogen) atoms. The van der Waals surface area contributed by atoms with Crippen LogP contribution in [0.1, 0.15) is 79.7 Å². The molecule has 484 valence electrons. The highest BCUT2D eigenvalue weighted by Crippen LogP contribution is 2.53. The number of benzene rings is 5. The summed E-state index contributed by atoms with van der Waals surface area (Å²) in [5.74, 6) is -2.61. The summed E-state index contributed by atoms with van der Waals surface area (Å²) in [5.41, 5.74) is -0.327. The van der Waals surface area contributed by atoms with Gasteiger partial charge < -0.3 is 20.4 Å². The molecule has 0 saturated heterocycles. The van der Waals surface area contributed by atoms with Gasteiger partial charge in [-0.05, 0) is 113 Å². The Labute approximate surface area is 519 Å². The van der Waals surface area contributed by atoms with Crippen molar-refractivity contribution in [1.82, 2.24) is 15.6 Å². The summed E-state index contributed by atoms with van der Waals surface area (Å²) in [6, 6.07) is 16.0. The molecule has 5 aromatic carbocycles. The quantitative estimate of drug-likeness (QED) is 0.0307. The van der Waals surface area contributed by atoms with Crippen LogP contribution in [0.4, 0.5) is 11.4 Å². The van der Waals surface area contributed by atoms with E-state index >= 15 is 0 Å². The lowest BCUT2D eigenvalue weighted by Crippen LogP contribution is -2.41. The van der Waals surface area contributed by atoms with Crippen molar-refractivity contribution in [2.75, 3.05) is 40.9 Å². The zero-order valence-electron chi connectivity index (χ0n) is 47.9. The Kier molecular flexibility index (Phi) is 19.0. The maximum atomic E-state index is 13.5. The van der Waals surface area contributed by atoms with Crippen LogP contribution >= 0.6 is 0 Å². The van der Waals surface area contributed by atoms with E-state index in [9.17, 15) is 95.8 Å². The highest BCUT2D eigenvalue weighted by molar-refractivity contribution is 7.89. The monoisotopic (exact) mass is 1380 g/mol. The highest BCUT2D eigenvalue weighted by Gasteiger charge is 2.46. The molecular formula is C55H60N6O22S7. The number of sulfonamides is 1. The Morgan fingerprint density at radius 2 is 1.14 bits per heavy atom. The van der Waals surface area contributed by atoms with Crippen LogP contribution in [0.5, 0.6) is 0 Å². The number of aromatic nitrogens is 1. The van der Waals surface area contributed by atoms with E-state index in [4.69, 9.17) is 5.14 Å². The summed E-state index contributed by atoms with van der Waals surface area (Å²) >= 11 is 0. The third-order valence-electron chi connectivity index (χ3n) is 15.3. The Bertz CT molecular complexity index is 4880. The number of pyridine rings is 1. The molecule has 2 amide bonds. The van der Waals surface area contributed by atoms with Gasteiger partial charge in [0.05, 0.1) is 43.5 Å². The standard InChI is InChI=1S/C55H60N6O22S7/c1-54(2)48(60(23-5-25-84(64,65)66)44-17-14-39-41(51(44)54)27-37(87(72,73)74)29-46(39)89(78,79)80)19-10-34(43-16-9-35(32-58-43)53(63)57-22-21-50(62)59-31-33-7-12-36(13-8-33)86(56,70)71)11-20-49-55(3,4)52-42-28-38(88(75,76)77)30-47(90(81,82)83)40(42)15-18-45(52)61(49)24-6-26-85(67,68)69/h7-20,27-30,32,48H,5-6,21-26,31H2,1-4H3,(H,57,63)(H,59,62)(H2,56,70,71)(H,64,65,66)(H,67,68,69)(H,72,73,74)(H,75,76,77)(H,78,79,80)(H,81,82,83)/b19-10+,34-11?,49-20?. The molecule has 1 atom stereocenters. The van der Waals surface area contributed by atoms with Gasteiger partial charge in [-0.15, -0.1) is 0 Å². The fourth-order valence-electron chi connectivity index (χ4n) is 11.3. The van der Waals surface area contributed by atoms with Gasteiger partial charge in [0, 0.05) is 77.5 Å². The van der Waals surface area contributed by atoms with Crippen LogP contribution in [0, 0.1) is 0 Å². The molecular weight excluding hydrogens is 1320 g/mol. The SMILES string of the molecule is CC1(C)C(=CC=C(/C=C/C2N(CCCS(=O)(=O)O)c3ccc4c(S(=O)(=O)O)cc(S(=O)(=O)O)cc4c3C2(C)C)c2ccc(C(=O)NCCC(=O)NCc3ccc(S(N)(=O)=O)cc3)cn2)N(CCCS(=O)(=O)O)c2ccc3c(S(=O)(=O)O)cc(S(=O)(=O)O)cc3c21. The number of allylic oxidation sites excluding steroid dienone is 5. The number of carbonyl (C=O) groups is 2. The molecule has 8 rings (SSSR count). The summed E-state index contributed by atoms with van der Waals surface area (Å²) < 4.78 is 234. The first kappa shape index (κ1) is 68.8. The maximum Gasteiger partial charge on any atom is 0.295 e. The number of anilines is 2. The minimum Gasteiger partial charge on any atom is -0.364 e. The molecule has 6 aromatic rings.